The first-order valence-corrected chi connectivity index (χ1v) is 12.8. The van der Waals surface area contributed by atoms with Gasteiger partial charge in [0.1, 0.15) is 5.75 Å². The fraction of sp³-hybridized carbons (Fsp3) is 0.481. The number of benzene rings is 1. The number of hydrogen-bond acceptors (Lipinski definition) is 7. The predicted octanol–water partition coefficient (Wildman–Crippen LogP) is 3.57. The maximum Gasteiger partial charge on any atom is 0.257 e. The number of rotatable bonds is 7. The van der Waals surface area contributed by atoms with E-state index in [1.165, 1.54) is 32.4 Å². The third-order valence-electron chi connectivity index (χ3n) is 7.25. The number of ether oxygens (including phenoxy) is 2. The van der Waals surface area contributed by atoms with Gasteiger partial charge in [-0.15, -0.1) is 0 Å². The average Bonchev–Trinajstić information content (AvgIpc) is 3.37. The minimum absolute atomic E-state index is 0.00808. The Bertz CT molecular complexity index is 1180. The summed E-state index contributed by atoms with van der Waals surface area (Å²) in [6.07, 6.45) is 9.26. The van der Waals surface area contributed by atoms with Crippen LogP contribution in [0.3, 0.4) is 0 Å². The van der Waals surface area contributed by atoms with Crippen LogP contribution in [0.25, 0.3) is 17.2 Å². The second-order valence-electron chi connectivity index (χ2n) is 9.41. The molecule has 0 atom stereocenters. The number of amides is 1. The number of nitrogens with zero attached hydrogens (tertiary/aromatic N) is 6. The van der Waals surface area contributed by atoms with E-state index in [2.05, 4.69) is 15.0 Å². The van der Waals surface area contributed by atoms with Crippen LogP contribution in [0.4, 0.5) is 0 Å². The molecular weight excluding hydrogens is 456 g/mol. The molecule has 0 N–H and O–H groups in total. The highest BCUT2D eigenvalue weighted by atomic mass is 16.5. The minimum atomic E-state index is -0.00808. The maximum absolute atomic E-state index is 13.5. The standard InChI is InChI=1S/C27H34N6O3/c1-35-19-24-22(26(34)32-16-11-20(12-17-32)31-14-6-3-7-15-31)18-29-33(24)27-28-13-10-23(30-27)21-8-4-5-9-25(21)36-2/h4-5,8-10,13,18,20H,3,6-7,11-12,14-17,19H2,1-2H3. The molecule has 9 heteroatoms. The maximum atomic E-state index is 13.5. The highest BCUT2D eigenvalue weighted by Gasteiger charge is 2.30. The van der Waals surface area contributed by atoms with Crippen molar-refractivity contribution in [1.82, 2.24) is 29.5 Å². The first-order chi connectivity index (χ1) is 17.7. The van der Waals surface area contributed by atoms with E-state index in [0.717, 1.165) is 37.2 Å². The first-order valence-electron chi connectivity index (χ1n) is 12.8. The molecule has 190 valence electrons. The molecule has 2 saturated heterocycles. The van der Waals surface area contributed by atoms with Crippen LogP contribution in [0, 0.1) is 0 Å². The molecule has 1 amide bonds. The van der Waals surface area contributed by atoms with Crippen LogP contribution >= 0.6 is 0 Å². The Morgan fingerprint density at radius 3 is 2.56 bits per heavy atom. The van der Waals surface area contributed by atoms with Crippen LogP contribution in [0.5, 0.6) is 5.75 Å². The van der Waals surface area contributed by atoms with Crippen molar-refractivity contribution in [2.24, 2.45) is 0 Å². The number of methoxy groups -OCH3 is 2. The summed E-state index contributed by atoms with van der Waals surface area (Å²) in [4.78, 5) is 27.3. The van der Waals surface area contributed by atoms with E-state index in [0.29, 0.717) is 28.9 Å². The Hall–Kier alpha value is -3.30. The molecule has 9 nitrogen and oxygen atoms in total. The van der Waals surface area contributed by atoms with E-state index >= 15 is 0 Å². The quantitative estimate of drug-likeness (QED) is 0.500. The summed E-state index contributed by atoms with van der Waals surface area (Å²) in [6.45, 7) is 4.14. The molecule has 0 bridgehead atoms. The molecule has 5 rings (SSSR count). The molecule has 0 saturated carbocycles. The van der Waals surface area contributed by atoms with Gasteiger partial charge in [0, 0.05) is 38.0 Å². The van der Waals surface area contributed by atoms with Crippen LogP contribution in [0.2, 0.25) is 0 Å². The van der Waals surface area contributed by atoms with Crippen LogP contribution < -0.4 is 4.74 Å². The van der Waals surface area contributed by atoms with Gasteiger partial charge in [0.15, 0.2) is 0 Å². The Balaban J connectivity index is 1.37. The molecular formula is C27H34N6O3. The number of likely N-dealkylation sites (tertiary alicyclic amines) is 2. The summed E-state index contributed by atoms with van der Waals surface area (Å²) in [5, 5.41) is 4.51. The third-order valence-corrected chi connectivity index (χ3v) is 7.25. The molecule has 0 unspecified atom stereocenters. The third kappa shape index (κ3) is 4.99. The van der Waals surface area contributed by atoms with Gasteiger partial charge in [-0.25, -0.2) is 9.97 Å². The van der Waals surface area contributed by atoms with E-state index in [-0.39, 0.29) is 12.5 Å². The van der Waals surface area contributed by atoms with Crippen LogP contribution in [-0.4, -0.2) is 81.9 Å². The molecule has 3 aromatic rings. The monoisotopic (exact) mass is 490 g/mol. The molecule has 2 aliphatic heterocycles. The fourth-order valence-electron chi connectivity index (χ4n) is 5.35. The molecule has 4 heterocycles. The topological polar surface area (TPSA) is 85.6 Å². The number of carbonyl (C=O) groups excluding carboxylic acids is 1. The summed E-state index contributed by atoms with van der Waals surface area (Å²) in [6, 6.07) is 10.1. The number of aromatic nitrogens is 4. The first kappa shape index (κ1) is 24.4. The van der Waals surface area contributed by atoms with Gasteiger partial charge in [-0.05, 0) is 57.0 Å². The lowest BCUT2D eigenvalue weighted by Crippen LogP contribution is -2.48. The number of carbonyl (C=O) groups is 1. The van der Waals surface area contributed by atoms with Crippen molar-refractivity contribution in [3.63, 3.8) is 0 Å². The van der Waals surface area contributed by atoms with Crippen LogP contribution in [-0.2, 0) is 11.3 Å². The molecule has 2 aliphatic rings. The lowest BCUT2D eigenvalue weighted by atomic mass is 9.99. The second-order valence-corrected chi connectivity index (χ2v) is 9.41. The number of hydrogen-bond donors (Lipinski definition) is 0. The molecule has 2 fully saturated rings. The Morgan fingerprint density at radius 2 is 1.81 bits per heavy atom. The summed E-state index contributed by atoms with van der Waals surface area (Å²) in [5.74, 6) is 1.10. The van der Waals surface area contributed by atoms with Gasteiger partial charge in [0.25, 0.3) is 11.9 Å². The zero-order valence-corrected chi connectivity index (χ0v) is 21.1. The smallest absolute Gasteiger partial charge is 0.257 e. The van der Waals surface area contributed by atoms with Gasteiger partial charge >= 0.3 is 0 Å². The van der Waals surface area contributed by atoms with Crippen molar-refractivity contribution < 1.29 is 14.3 Å². The van der Waals surface area contributed by atoms with Crippen LogP contribution in [0.15, 0.2) is 42.7 Å². The highest BCUT2D eigenvalue weighted by Crippen LogP contribution is 2.29. The van der Waals surface area contributed by atoms with Crippen molar-refractivity contribution in [3.05, 3.63) is 54.0 Å². The highest BCUT2D eigenvalue weighted by molar-refractivity contribution is 5.95. The lowest BCUT2D eigenvalue weighted by Gasteiger charge is -2.40. The summed E-state index contributed by atoms with van der Waals surface area (Å²) >= 11 is 0. The number of para-hydroxylation sites is 1. The largest absolute Gasteiger partial charge is 0.496 e. The average molecular weight is 491 g/mol. The van der Waals surface area contributed by atoms with Gasteiger partial charge in [-0.1, -0.05) is 18.6 Å². The van der Waals surface area contributed by atoms with E-state index in [1.54, 1.807) is 31.3 Å². The van der Waals surface area contributed by atoms with Gasteiger partial charge in [-0.3, -0.25) is 4.79 Å². The summed E-state index contributed by atoms with van der Waals surface area (Å²) in [5.41, 5.74) is 2.76. The van der Waals surface area contributed by atoms with E-state index < -0.39 is 0 Å². The molecule has 1 aromatic carbocycles. The zero-order chi connectivity index (χ0) is 24.9. The van der Waals surface area contributed by atoms with Crippen molar-refractivity contribution in [3.8, 4) is 23.0 Å². The Kier molecular flexibility index (Phi) is 7.58. The van der Waals surface area contributed by atoms with E-state index in [1.807, 2.05) is 35.2 Å². The summed E-state index contributed by atoms with van der Waals surface area (Å²) in [7, 11) is 3.25. The molecule has 0 spiro atoms. The van der Waals surface area contributed by atoms with Gasteiger partial charge < -0.3 is 19.3 Å². The molecule has 0 aliphatic carbocycles. The van der Waals surface area contributed by atoms with Crippen LogP contribution in [0.1, 0.15) is 48.2 Å². The van der Waals surface area contributed by atoms with Crippen molar-refractivity contribution >= 4 is 5.91 Å². The predicted molar refractivity (Wildman–Crippen MR) is 136 cm³/mol. The Morgan fingerprint density at radius 1 is 1.03 bits per heavy atom. The van der Waals surface area contributed by atoms with Gasteiger partial charge in [0.05, 0.1) is 36.9 Å². The normalized spacial score (nSPS) is 17.3. The van der Waals surface area contributed by atoms with Crippen molar-refractivity contribution in [1.29, 1.82) is 0 Å². The van der Waals surface area contributed by atoms with Gasteiger partial charge in [-0.2, -0.15) is 9.78 Å². The molecule has 0 radical (unpaired) electrons. The van der Waals surface area contributed by atoms with E-state index in [9.17, 15) is 4.79 Å². The summed E-state index contributed by atoms with van der Waals surface area (Å²) < 4.78 is 12.6. The van der Waals surface area contributed by atoms with Crippen molar-refractivity contribution in [2.45, 2.75) is 44.8 Å². The van der Waals surface area contributed by atoms with Gasteiger partial charge in [0.2, 0.25) is 0 Å². The van der Waals surface area contributed by atoms with Crippen molar-refractivity contribution in [2.75, 3.05) is 40.4 Å². The second kappa shape index (κ2) is 11.2. The molecule has 36 heavy (non-hydrogen) atoms. The minimum Gasteiger partial charge on any atom is -0.496 e. The van der Waals surface area contributed by atoms with E-state index in [4.69, 9.17) is 14.5 Å². The number of piperidine rings is 2. The zero-order valence-electron chi connectivity index (χ0n) is 21.1. The lowest BCUT2D eigenvalue weighted by molar-refractivity contribution is 0.0586. The SMILES string of the molecule is COCc1c(C(=O)N2CCC(N3CCCCC3)CC2)cnn1-c1nccc(-c2ccccc2OC)n1. The molecule has 2 aromatic heterocycles. The fourth-order valence-corrected chi connectivity index (χ4v) is 5.35. The Labute approximate surface area is 212 Å².